The molecule has 0 amide bonds. The van der Waals surface area contributed by atoms with Crippen molar-refractivity contribution in [2.75, 3.05) is 7.11 Å². The minimum atomic E-state index is -0.130. The molecule has 0 aliphatic heterocycles. The van der Waals surface area contributed by atoms with Gasteiger partial charge < -0.3 is 15.2 Å². The number of aromatic nitrogens is 2. The van der Waals surface area contributed by atoms with Crippen LogP contribution < -0.4 is 15.2 Å². The molecule has 0 saturated carbocycles. The van der Waals surface area contributed by atoms with E-state index < -0.39 is 0 Å². The molecule has 2 rings (SSSR count). The minimum absolute atomic E-state index is 0.130. The number of nitrogens with zero attached hydrogens (tertiary/aromatic N) is 2. The van der Waals surface area contributed by atoms with Crippen molar-refractivity contribution in [2.45, 2.75) is 26.5 Å². The number of benzene rings is 1. The van der Waals surface area contributed by atoms with Gasteiger partial charge in [-0.05, 0) is 19.9 Å². The molecule has 2 N–H and O–H groups in total. The second-order valence-corrected chi connectivity index (χ2v) is 5.33. The summed E-state index contributed by atoms with van der Waals surface area (Å²) in [4.78, 5) is 0. The van der Waals surface area contributed by atoms with Gasteiger partial charge in [-0.1, -0.05) is 17.7 Å². The van der Waals surface area contributed by atoms with Gasteiger partial charge in [-0.3, -0.25) is 4.68 Å². The van der Waals surface area contributed by atoms with Crippen LogP contribution in [-0.2, 0) is 13.7 Å². The van der Waals surface area contributed by atoms with Crippen LogP contribution in [0.5, 0.6) is 11.5 Å². The topological polar surface area (TPSA) is 62.3 Å². The summed E-state index contributed by atoms with van der Waals surface area (Å²) in [6.07, 6.45) is 0. The van der Waals surface area contributed by atoms with E-state index in [1.54, 1.807) is 11.8 Å². The highest BCUT2D eigenvalue weighted by Gasteiger charge is 2.14. The van der Waals surface area contributed by atoms with Crippen LogP contribution in [0.15, 0.2) is 18.2 Å². The lowest BCUT2D eigenvalue weighted by Crippen LogP contribution is -2.09. The number of rotatable bonds is 5. The van der Waals surface area contributed by atoms with Crippen molar-refractivity contribution < 1.29 is 9.47 Å². The summed E-state index contributed by atoms with van der Waals surface area (Å²) >= 11 is 6.23. The average Bonchev–Trinajstić information content (AvgIpc) is 2.69. The Labute approximate surface area is 129 Å². The van der Waals surface area contributed by atoms with Crippen LogP contribution in [0.4, 0.5) is 0 Å². The summed E-state index contributed by atoms with van der Waals surface area (Å²) in [5.41, 5.74) is 8.51. The van der Waals surface area contributed by atoms with Crippen molar-refractivity contribution in [3.8, 4) is 11.5 Å². The van der Waals surface area contributed by atoms with E-state index in [0.29, 0.717) is 17.4 Å². The highest BCUT2D eigenvalue weighted by Crippen LogP contribution is 2.30. The maximum absolute atomic E-state index is 6.23. The van der Waals surface area contributed by atoms with E-state index in [2.05, 4.69) is 5.10 Å². The van der Waals surface area contributed by atoms with E-state index in [4.69, 9.17) is 26.8 Å². The third kappa shape index (κ3) is 3.31. The zero-order valence-corrected chi connectivity index (χ0v) is 13.4. The van der Waals surface area contributed by atoms with Crippen LogP contribution in [0.3, 0.4) is 0 Å². The van der Waals surface area contributed by atoms with Crippen molar-refractivity contribution in [3.63, 3.8) is 0 Å². The quantitative estimate of drug-likeness (QED) is 0.922. The van der Waals surface area contributed by atoms with Crippen molar-refractivity contribution in [2.24, 2.45) is 12.8 Å². The average molecular weight is 310 g/mol. The summed E-state index contributed by atoms with van der Waals surface area (Å²) < 4.78 is 12.9. The maximum Gasteiger partial charge on any atom is 0.131 e. The Hall–Kier alpha value is -1.72. The minimum Gasteiger partial charge on any atom is -0.497 e. The third-order valence-electron chi connectivity index (χ3n) is 3.34. The van der Waals surface area contributed by atoms with Gasteiger partial charge in [-0.25, -0.2) is 0 Å². The first-order chi connectivity index (χ1) is 9.93. The zero-order valence-electron chi connectivity index (χ0n) is 12.7. The molecule has 0 aliphatic carbocycles. The molecule has 1 heterocycles. The maximum atomic E-state index is 6.23. The molecule has 2 aromatic rings. The lowest BCUT2D eigenvalue weighted by Gasteiger charge is -2.15. The van der Waals surface area contributed by atoms with Crippen LogP contribution in [-0.4, -0.2) is 16.9 Å². The molecule has 5 nitrogen and oxygen atoms in total. The SMILES string of the molecule is COc1ccc([C@H](C)N)c(OCc2c(Cl)c(C)nn2C)c1. The van der Waals surface area contributed by atoms with E-state index in [0.717, 1.165) is 22.7 Å². The van der Waals surface area contributed by atoms with E-state index in [1.807, 2.05) is 39.1 Å². The molecule has 0 unspecified atom stereocenters. The van der Waals surface area contributed by atoms with Crippen molar-refractivity contribution in [1.29, 1.82) is 0 Å². The zero-order chi connectivity index (χ0) is 15.6. The molecule has 0 fully saturated rings. The van der Waals surface area contributed by atoms with Gasteiger partial charge in [-0.15, -0.1) is 0 Å². The second kappa shape index (κ2) is 6.37. The normalized spacial score (nSPS) is 12.3. The number of aryl methyl sites for hydroxylation is 2. The largest absolute Gasteiger partial charge is 0.497 e. The summed E-state index contributed by atoms with van der Waals surface area (Å²) in [6, 6.07) is 5.48. The van der Waals surface area contributed by atoms with Gasteiger partial charge in [0.05, 0.1) is 23.5 Å². The molecule has 0 bridgehead atoms. The highest BCUT2D eigenvalue weighted by atomic mass is 35.5. The molecule has 0 radical (unpaired) electrons. The summed E-state index contributed by atoms with van der Waals surface area (Å²) in [5.74, 6) is 1.42. The molecule has 1 atom stereocenters. The van der Waals surface area contributed by atoms with Crippen molar-refractivity contribution in [3.05, 3.63) is 40.2 Å². The Morgan fingerprint density at radius 3 is 2.67 bits per heavy atom. The van der Waals surface area contributed by atoms with Gasteiger partial charge in [0.1, 0.15) is 18.1 Å². The van der Waals surface area contributed by atoms with Gasteiger partial charge >= 0.3 is 0 Å². The number of hydrogen-bond acceptors (Lipinski definition) is 4. The van der Waals surface area contributed by atoms with E-state index >= 15 is 0 Å². The Morgan fingerprint density at radius 1 is 1.43 bits per heavy atom. The van der Waals surface area contributed by atoms with E-state index in [1.165, 1.54) is 0 Å². The highest BCUT2D eigenvalue weighted by molar-refractivity contribution is 6.31. The molecule has 0 saturated heterocycles. The van der Waals surface area contributed by atoms with Gasteiger partial charge in [0.25, 0.3) is 0 Å². The molecule has 1 aromatic heterocycles. The predicted octanol–water partition coefficient (Wildman–Crippen LogP) is 2.99. The van der Waals surface area contributed by atoms with Crippen molar-refractivity contribution in [1.82, 2.24) is 9.78 Å². The molecule has 0 spiro atoms. The fraction of sp³-hybridized carbons (Fsp3) is 0.400. The predicted molar refractivity (Wildman–Crippen MR) is 82.9 cm³/mol. The number of methoxy groups -OCH3 is 1. The number of halogens is 1. The standard InChI is InChI=1S/C15H20ClN3O2/c1-9(17)12-6-5-11(20-4)7-14(12)21-8-13-15(16)10(2)18-19(13)3/h5-7,9H,8,17H2,1-4H3/t9-/m0/s1. The van der Waals surface area contributed by atoms with Crippen LogP contribution >= 0.6 is 11.6 Å². The lowest BCUT2D eigenvalue weighted by atomic mass is 10.1. The Bertz CT molecular complexity index is 638. The van der Waals surface area contributed by atoms with Gasteiger partial charge in [0.15, 0.2) is 0 Å². The summed E-state index contributed by atoms with van der Waals surface area (Å²) in [5, 5.41) is 4.90. The van der Waals surface area contributed by atoms with E-state index in [9.17, 15) is 0 Å². The molecule has 21 heavy (non-hydrogen) atoms. The summed E-state index contributed by atoms with van der Waals surface area (Å²) in [6.45, 7) is 4.10. The molecule has 0 aliphatic rings. The Kier molecular flexibility index (Phi) is 4.75. The Balaban J connectivity index is 2.26. The van der Waals surface area contributed by atoms with E-state index in [-0.39, 0.29) is 6.04 Å². The monoisotopic (exact) mass is 309 g/mol. The first kappa shape index (κ1) is 15.7. The smallest absolute Gasteiger partial charge is 0.131 e. The van der Waals surface area contributed by atoms with Crippen LogP contribution in [0, 0.1) is 6.92 Å². The first-order valence-electron chi connectivity index (χ1n) is 6.68. The molecular weight excluding hydrogens is 290 g/mol. The second-order valence-electron chi connectivity index (χ2n) is 4.95. The lowest BCUT2D eigenvalue weighted by molar-refractivity contribution is 0.288. The first-order valence-corrected chi connectivity index (χ1v) is 7.06. The van der Waals surface area contributed by atoms with Crippen LogP contribution in [0.25, 0.3) is 0 Å². The van der Waals surface area contributed by atoms with Gasteiger partial charge in [0, 0.05) is 24.7 Å². The molecular formula is C15H20ClN3O2. The fourth-order valence-electron chi connectivity index (χ4n) is 2.13. The van der Waals surface area contributed by atoms with Crippen molar-refractivity contribution >= 4 is 11.6 Å². The number of hydrogen-bond donors (Lipinski definition) is 1. The van der Waals surface area contributed by atoms with Gasteiger partial charge in [-0.2, -0.15) is 5.10 Å². The van der Waals surface area contributed by atoms with Gasteiger partial charge in [0.2, 0.25) is 0 Å². The van der Waals surface area contributed by atoms with Crippen LogP contribution in [0.2, 0.25) is 5.02 Å². The van der Waals surface area contributed by atoms with Crippen LogP contribution in [0.1, 0.15) is 29.9 Å². The molecule has 1 aromatic carbocycles. The Morgan fingerprint density at radius 2 is 2.14 bits per heavy atom. The fourth-order valence-corrected chi connectivity index (χ4v) is 2.34. The third-order valence-corrected chi connectivity index (χ3v) is 3.83. The number of ether oxygens (including phenoxy) is 2. The number of nitrogens with two attached hydrogens (primary N) is 1. The molecule has 114 valence electrons. The summed E-state index contributed by atoms with van der Waals surface area (Å²) in [7, 11) is 3.46. The molecule has 6 heteroatoms.